The quantitative estimate of drug-likeness (QED) is 0.309. The summed E-state index contributed by atoms with van der Waals surface area (Å²) in [6.45, 7) is 3.87. The molecule has 30 heavy (non-hydrogen) atoms. The molecule has 0 radical (unpaired) electrons. The number of rotatable bonds is 7. The number of unbranched alkanes of at least 4 members (excludes halogenated alkanes) is 4. The second-order valence-corrected chi connectivity index (χ2v) is 9.92. The summed E-state index contributed by atoms with van der Waals surface area (Å²) in [5.41, 5.74) is 0.540. The molecule has 3 rings (SSSR count). The van der Waals surface area contributed by atoms with Crippen molar-refractivity contribution in [2.45, 2.75) is 104 Å². The van der Waals surface area contributed by atoms with Crippen molar-refractivity contribution < 1.29 is 8.78 Å². The second kappa shape index (κ2) is 11.9. The van der Waals surface area contributed by atoms with Crippen molar-refractivity contribution in [2.24, 2.45) is 23.7 Å². The van der Waals surface area contributed by atoms with Gasteiger partial charge in [0.25, 0.3) is 0 Å². The van der Waals surface area contributed by atoms with Gasteiger partial charge in [0.15, 0.2) is 11.6 Å². The Morgan fingerprint density at radius 1 is 0.800 bits per heavy atom. The van der Waals surface area contributed by atoms with E-state index in [0.717, 1.165) is 30.6 Å². The summed E-state index contributed by atoms with van der Waals surface area (Å²) in [7, 11) is 0. The fraction of sp³-hybridized carbons (Fsp3) is 0.714. The van der Waals surface area contributed by atoms with Crippen LogP contribution in [0.1, 0.15) is 108 Å². The molecule has 0 atom stereocenters. The Labute approximate surface area is 183 Å². The van der Waals surface area contributed by atoms with Crippen LogP contribution in [0.2, 0.25) is 0 Å². The normalized spacial score (nSPS) is 26.8. The molecular formula is C28H40F2. The molecule has 0 unspecified atom stereocenters. The van der Waals surface area contributed by atoms with Crippen molar-refractivity contribution in [3.63, 3.8) is 0 Å². The van der Waals surface area contributed by atoms with E-state index in [4.69, 9.17) is 0 Å². The fourth-order valence-electron chi connectivity index (χ4n) is 5.64. The van der Waals surface area contributed by atoms with Gasteiger partial charge in [-0.1, -0.05) is 76.2 Å². The van der Waals surface area contributed by atoms with Crippen molar-refractivity contribution >= 4 is 0 Å². The highest BCUT2D eigenvalue weighted by Gasteiger charge is 2.30. The van der Waals surface area contributed by atoms with Gasteiger partial charge in [0, 0.05) is 5.92 Å². The Morgan fingerprint density at radius 3 is 2.10 bits per heavy atom. The smallest absolute Gasteiger partial charge is 0.174 e. The molecule has 0 saturated heterocycles. The molecule has 2 fully saturated rings. The lowest BCUT2D eigenvalue weighted by Gasteiger charge is -2.37. The largest absolute Gasteiger partial charge is 0.203 e. The molecule has 0 aromatic heterocycles. The van der Waals surface area contributed by atoms with E-state index in [1.165, 1.54) is 77.0 Å². The van der Waals surface area contributed by atoms with E-state index in [9.17, 15) is 8.78 Å². The number of hydrogen-bond acceptors (Lipinski definition) is 0. The predicted octanol–water partition coefficient (Wildman–Crippen LogP) is 8.60. The zero-order valence-corrected chi connectivity index (χ0v) is 19.1. The third kappa shape index (κ3) is 6.57. The van der Waals surface area contributed by atoms with E-state index in [1.807, 2.05) is 0 Å². The molecule has 0 bridgehead atoms. The topological polar surface area (TPSA) is 0 Å². The standard InChI is InChI=1S/C28H40F2/c1-3-4-5-6-7-8-22-10-16-24(17-11-22)25-18-12-23(13-19-25)14-20-26-15-9-21(2)27(29)28(26)30/h9,15,22-25H,3-8,10-13,16-19H2,1-2H3/t22-,23-,24-,25-. The molecule has 0 heterocycles. The maximum absolute atomic E-state index is 14.0. The van der Waals surface area contributed by atoms with Crippen molar-refractivity contribution in [2.75, 3.05) is 0 Å². The molecule has 1 aromatic carbocycles. The summed E-state index contributed by atoms with van der Waals surface area (Å²) in [6.07, 6.45) is 19.0. The van der Waals surface area contributed by atoms with E-state index in [1.54, 1.807) is 19.1 Å². The molecule has 0 N–H and O–H groups in total. The number of hydrogen-bond donors (Lipinski definition) is 0. The third-order valence-electron chi connectivity index (χ3n) is 7.73. The first-order valence-electron chi connectivity index (χ1n) is 12.5. The third-order valence-corrected chi connectivity index (χ3v) is 7.73. The molecule has 2 saturated carbocycles. The lowest BCUT2D eigenvalue weighted by molar-refractivity contribution is 0.153. The van der Waals surface area contributed by atoms with Gasteiger partial charge >= 0.3 is 0 Å². The molecule has 0 aliphatic heterocycles. The number of halogens is 2. The monoisotopic (exact) mass is 414 g/mol. The summed E-state index contributed by atoms with van der Waals surface area (Å²) in [5, 5.41) is 0. The van der Waals surface area contributed by atoms with E-state index in [2.05, 4.69) is 18.8 Å². The zero-order chi connectivity index (χ0) is 21.3. The summed E-state index contributed by atoms with van der Waals surface area (Å²) in [4.78, 5) is 0. The van der Waals surface area contributed by atoms with Crippen molar-refractivity contribution in [1.29, 1.82) is 0 Å². The lowest BCUT2D eigenvalue weighted by atomic mass is 9.69. The van der Waals surface area contributed by atoms with Gasteiger partial charge < -0.3 is 0 Å². The molecular weight excluding hydrogens is 374 g/mol. The maximum Gasteiger partial charge on any atom is 0.174 e. The fourth-order valence-corrected chi connectivity index (χ4v) is 5.64. The van der Waals surface area contributed by atoms with Gasteiger partial charge in [0.05, 0.1) is 5.56 Å². The minimum atomic E-state index is -0.793. The van der Waals surface area contributed by atoms with Crippen molar-refractivity contribution in [3.8, 4) is 11.8 Å². The Bertz CT molecular complexity index is 710. The SMILES string of the molecule is CCCCCCC[C@H]1CC[C@H]([C@H]2CC[C@H](C#Cc3ccc(C)c(F)c3F)CC2)CC1. The summed E-state index contributed by atoms with van der Waals surface area (Å²) in [6, 6.07) is 3.22. The van der Waals surface area contributed by atoms with Crippen molar-refractivity contribution in [3.05, 3.63) is 34.9 Å². The molecule has 0 nitrogen and oxygen atoms in total. The van der Waals surface area contributed by atoms with Gasteiger partial charge in [-0.25, -0.2) is 8.78 Å². The first kappa shape index (κ1) is 23.3. The van der Waals surface area contributed by atoms with Crippen LogP contribution in [0.3, 0.4) is 0 Å². The summed E-state index contributed by atoms with van der Waals surface area (Å²) in [5.74, 6) is 7.70. The highest BCUT2D eigenvalue weighted by atomic mass is 19.2. The van der Waals surface area contributed by atoms with Crippen LogP contribution in [0.5, 0.6) is 0 Å². The second-order valence-electron chi connectivity index (χ2n) is 9.92. The minimum absolute atomic E-state index is 0.202. The van der Waals surface area contributed by atoms with Crippen LogP contribution in [0.4, 0.5) is 8.78 Å². The molecule has 0 amide bonds. The van der Waals surface area contributed by atoms with Crippen LogP contribution in [0.15, 0.2) is 12.1 Å². The summed E-state index contributed by atoms with van der Waals surface area (Å²) >= 11 is 0. The van der Waals surface area contributed by atoms with Gasteiger partial charge in [-0.3, -0.25) is 0 Å². The first-order chi connectivity index (χ1) is 14.6. The van der Waals surface area contributed by atoms with Crippen LogP contribution < -0.4 is 0 Å². The van der Waals surface area contributed by atoms with E-state index in [0.29, 0.717) is 11.5 Å². The van der Waals surface area contributed by atoms with E-state index in [-0.39, 0.29) is 5.56 Å². The van der Waals surface area contributed by atoms with Crippen LogP contribution >= 0.6 is 0 Å². The van der Waals surface area contributed by atoms with Crippen molar-refractivity contribution in [1.82, 2.24) is 0 Å². The maximum atomic E-state index is 14.0. The Hall–Kier alpha value is -1.36. The van der Waals surface area contributed by atoms with Gasteiger partial charge in [0.2, 0.25) is 0 Å². The highest BCUT2D eigenvalue weighted by Crippen LogP contribution is 2.42. The zero-order valence-electron chi connectivity index (χ0n) is 19.1. The number of benzene rings is 1. The molecule has 2 aliphatic rings. The predicted molar refractivity (Wildman–Crippen MR) is 122 cm³/mol. The van der Waals surface area contributed by atoms with Gasteiger partial charge in [-0.15, -0.1) is 0 Å². The van der Waals surface area contributed by atoms with Gasteiger partial charge in [-0.2, -0.15) is 0 Å². The molecule has 166 valence electrons. The van der Waals surface area contributed by atoms with E-state index >= 15 is 0 Å². The highest BCUT2D eigenvalue weighted by molar-refractivity contribution is 5.38. The first-order valence-corrected chi connectivity index (χ1v) is 12.5. The molecule has 2 heteroatoms. The number of aryl methyl sites for hydroxylation is 1. The van der Waals surface area contributed by atoms with E-state index < -0.39 is 11.6 Å². The average molecular weight is 415 g/mol. The van der Waals surface area contributed by atoms with Gasteiger partial charge in [-0.05, 0) is 74.8 Å². The van der Waals surface area contributed by atoms with Gasteiger partial charge in [0.1, 0.15) is 0 Å². The van der Waals surface area contributed by atoms with Crippen LogP contribution in [-0.4, -0.2) is 0 Å². The molecule has 2 aliphatic carbocycles. The molecule has 0 spiro atoms. The Balaban J connectivity index is 1.38. The van der Waals surface area contributed by atoms with Crippen LogP contribution in [0, 0.1) is 54.1 Å². The lowest BCUT2D eigenvalue weighted by Crippen LogP contribution is -2.25. The minimum Gasteiger partial charge on any atom is -0.203 e. The Kier molecular flexibility index (Phi) is 9.23. The Morgan fingerprint density at radius 2 is 1.43 bits per heavy atom. The summed E-state index contributed by atoms with van der Waals surface area (Å²) < 4.78 is 27.7. The molecule has 1 aromatic rings. The average Bonchev–Trinajstić information content (AvgIpc) is 2.78. The van der Waals surface area contributed by atoms with Crippen LogP contribution in [-0.2, 0) is 0 Å². The van der Waals surface area contributed by atoms with Crippen LogP contribution in [0.25, 0.3) is 0 Å².